The number of nitrogens with zero attached hydrogens (tertiary/aromatic N) is 2. The van der Waals surface area contributed by atoms with E-state index in [0.717, 1.165) is 0 Å². The van der Waals surface area contributed by atoms with Gasteiger partial charge in [-0.05, 0) is 0 Å². The molecule has 0 saturated carbocycles. The zero-order chi connectivity index (χ0) is 15.9. The molecule has 0 rings (SSSR count). The van der Waals surface area contributed by atoms with E-state index in [1.165, 1.54) is 0 Å². The van der Waals surface area contributed by atoms with E-state index in [1.54, 1.807) is 0 Å². The first-order valence-corrected chi connectivity index (χ1v) is 17.1. The molecule has 0 aromatic carbocycles. The van der Waals surface area contributed by atoms with Gasteiger partial charge in [0, 0.05) is 0 Å². The number of hydrogen-bond donors (Lipinski definition) is 0. The van der Waals surface area contributed by atoms with Crippen LogP contribution in [-0.2, 0) is 0 Å². The van der Waals surface area contributed by atoms with Crippen molar-refractivity contribution in [3.63, 3.8) is 0 Å². The molecule has 0 aliphatic carbocycles. The standard InChI is InChI=1S/C14H38GeN2Si2/c1-13(2,3)16(18(7,8)9)15-17(14(4,5)6)19(10,11)12/h15H2,1-12H3. The van der Waals surface area contributed by atoms with Crippen LogP contribution in [0.25, 0.3) is 0 Å². The third-order valence-electron chi connectivity index (χ3n) is 3.52. The molecule has 2 nitrogen and oxygen atoms in total. The molecule has 0 bridgehead atoms. The van der Waals surface area contributed by atoms with Crippen LogP contribution in [0.15, 0.2) is 0 Å². The second kappa shape index (κ2) is 5.95. The molecule has 0 aliphatic rings. The van der Waals surface area contributed by atoms with Crippen molar-refractivity contribution in [2.24, 2.45) is 0 Å². The van der Waals surface area contributed by atoms with E-state index < -0.39 is 32.3 Å². The Kier molecular flexibility index (Phi) is 6.23. The molecule has 5 heteroatoms. The summed E-state index contributed by atoms with van der Waals surface area (Å²) in [6, 6.07) is 0. The maximum atomic E-state index is 2.95. The molecule has 116 valence electrons. The van der Waals surface area contributed by atoms with Crippen molar-refractivity contribution in [2.45, 2.75) is 91.9 Å². The molecule has 0 N–H and O–H groups in total. The van der Waals surface area contributed by atoms with Crippen LogP contribution in [0.1, 0.15) is 41.5 Å². The Labute approximate surface area is 131 Å². The molecule has 0 aromatic heterocycles. The molecular weight excluding hydrogens is 325 g/mol. The fourth-order valence-electron chi connectivity index (χ4n) is 3.00. The number of hydrogen-bond acceptors (Lipinski definition) is 2. The summed E-state index contributed by atoms with van der Waals surface area (Å²) in [5, 5.41) is 0. The van der Waals surface area contributed by atoms with Crippen LogP contribution in [-0.4, -0.2) is 50.5 Å². The van der Waals surface area contributed by atoms with Crippen molar-refractivity contribution in [1.29, 1.82) is 0 Å². The van der Waals surface area contributed by atoms with Gasteiger partial charge in [0.25, 0.3) is 0 Å². The first kappa shape index (κ1) is 19.9. The van der Waals surface area contributed by atoms with Gasteiger partial charge in [0.15, 0.2) is 0 Å². The first-order valence-electron chi connectivity index (χ1n) is 7.53. The molecule has 0 saturated heterocycles. The zero-order valence-electron chi connectivity index (χ0n) is 15.6. The van der Waals surface area contributed by atoms with Crippen molar-refractivity contribution in [2.75, 3.05) is 0 Å². The first-order chi connectivity index (χ1) is 7.97. The Hall–Kier alpha value is 0.897. The topological polar surface area (TPSA) is 6.48 Å². The van der Waals surface area contributed by atoms with Crippen LogP contribution < -0.4 is 0 Å². The molecule has 0 amide bonds. The number of rotatable bonds is 4. The van der Waals surface area contributed by atoms with Crippen molar-refractivity contribution in [3.8, 4) is 0 Å². The van der Waals surface area contributed by atoms with Gasteiger partial charge in [-0.25, -0.2) is 0 Å². The van der Waals surface area contributed by atoms with Crippen LogP contribution in [0.2, 0.25) is 39.3 Å². The van der Waals surface area contributed by atoms with Gasteiger partial charge in [0.2, 0.25) is 0 Å². The molecular formula is C14H38GeN2Si2. The fourth-order valence-corrected chi connectivity index (χ4v) is 17.8. The van der Waals surface area contributed by atoms with Crippen LogP contribution in [0.4, 0.5) is 0 Å². The Balaban J connectivity index is 5.43. The van der Waals surface area contributed by atoms with E-state index >= 15 is 0 Å². The minimum absolute atomic E-state index is 0.327. The molecule has 0 aliphatic heterocycles. The van der Waals surface area contributed by atoms with Gasteiger partial charge in [-0.1, -0.05) is 0 Å². The molecule has 19 heavy (non-hydrogen) atoms. The maximum absolute atomic E-state index is 2.95. The van der Waals surface area contributed by atoms with Crippen molar-refractivity contribution in [3.05, 3.63) is 0 Å². The van der Waals surface area contributed by atoms with Crippen LogP contribution in [0.3, 0.4) is 0 Å². The monoisotopic (exact) mass is 364 g/mol. The normalized spacial score (nSPS) is 15.5. The van der Waals surface area contributed by atoms with Crippen LogP contribution in [0, 0.1) is 0 Å². The summed E-state index contributed by atoms with van der Waals surface area (Å²) in [6.07, 6.45) is 0. The van der Waals surface area contributed by atoms with Gasteiger partial charge < -0.3 is 0 Å². The summed E-state index contributed by atoms with van der Waals surface area (Å²) in [4.78, 5) is 0. The Morgan fingerprint density at radius 1 is 0.579 bits per heavy atom. The van der Waals surface area contributed by atoms with Gasteiger partial charge in [-0.15, -0.1) is 0 Å². The van der Waals surface area contributed by atoms with Crippen LogP contribution in [0.5, 0.6) is 0 Å². The second-order valence-electron chi connectivity index (χ2n) is 9.68. The zero-order valence-corrected chi connectivity index (χ0v) is 20.6. The molecule has 0 fully saturated rings. The Bertz CT molecular complexity index is 235. The summed E-state index contributed by atoms with van der Waals surface area (Å²) in [5.74, 6) is 0. The summed E-state index contributed by atoms with van der Waals surface area (Å²) in [6.45, 7) is 29.5. The van der Waals surface area contributed by atoms with E-state index in [0.29, 0.717) is 11.1 Å². The van der Waals surface area contributed by atoms with Crippen molar-refractivity contribution in [1.82, 2.24) is 7.05 Å². The third kappa shape index (κ3) is 6.46. The van der Waals surface area contributed by atoms with E-state index in [4.69, 9.17) is 0 Å². The summed E-state index contributed by atoms with van der Waals surface area (Å²) >= 11 is -0.911. The molecule has 0 heterocycles. The Morgan fingerprint density at radius 2 is 0.789 bits per heavy atom. The summed E-state index contributed by atoms with van der Waals surface area (Å²) < 4.78 is 5.91. The predicted molar refractivity (Wildman–Crippen MR) is 98.4 cm³/mol. The average Bonchev–Trinajstić information content (AvgIpc) is 1.91. The van der Waals surface area contributed by atoms with Crippen LogP contribution >= 0.6 is 0 Å². The van der Waals surface area contributed by atoms with Gasteiger partial charge in [0.05, 0.1) is 0 Å². The summed E-state index contributed by atoms with van der Waals surface area (Å²) in [7, 11) is -2.49. The molecule has 0 unspecified atom stereocenters. The SMILES string of the molecule is CC(C)(C)[N]([GeH2][N](C(C)(C)C)[Si](C)(C)C)[Si](C)(C)C. The van der Waals surface area contributed by atoms with E-state index in [-0.39, 0.29) is 0 Å². The van der Waals surface area contributed by atoms with Crippen molar-refractivity contribution >= 4 is 32.3 Å². The van der Waals surface area contributed by atoms with Gasteiger partial charge in [0.1, 0.15) is 0 Å². The van der Waals surface area contributed by atoms with E-state index in [1.807, 2.05) is 0 Å². The minimum atomic E-state index is -1.25. The van der Waals surface area contributed by atoms with E-state index in [9.17, 15) is 0 Å². The predicted octanol–water partition coefficient (Wildman–Crippen LogP) is 3.86. The van der Waals surface area contributed by atoms with E-state index in [2.05, 4.69) is 87.9 Å². The average molecular weight is 363 g/mol. The second-order valence-corrected chi connectivity index (χ2v) is 25.3. The summed E-state index contributed by atoms with van der Waals surface area (Å²) in [5.41, 5.74) is 0.654. The molecule has 0 spiro atoms. The molecule has 0 radical (unpaired) electrons. The third-order valence-corrected chi connectivity index (χ3v) is 26.7. The molecule has 0 aromatic rings. The van der Waals surface area contributed by atoms with Gasteiger partial charge >= 0.3 is 131 Å². The Morgan fingerprint density at radius 3 is 0.895 bits per heavy atom. The van der Waals surface area contributed by atoms with Crippen molar-refractivity contribution < 1.29 is 0 Å². The fraction of sp³-hybridized carbons (Fsp3) is 1.00. The van der Waals surface area contributed by atoms with Gasteiger partial charge in [-0.2, -0.15) is 0 Å². The quantitative estimate of drug-likeness (QED) is 0.700. The van der Waals surface area contributed by atoms with Gasteiger partial charge in [-0.3, -0.25) is 0 Å². The molecule has 0 atom stereocenters.